The number of ether oxygens (including phenoxy) is 1. The second-order valence-corrected chi connectivity index (χ2v) is 5.04. The molecular formula is C14H18FNO. The molecule has 0 radical (unpaired) electrons. The van der Waals surface area contributed by atoms with Crippen molar-refractivity contribution in [1.82, 2.24) is 5.32 Å². The molecule has 0 amide bonds. The molecule has 1 N–H and O–H groups in total. The van der Waals surface area contributed by atoms with E-state index in [-0.39, 0.29) is 5.82 Å². The van der Waals surface area contributed by atoms with E-state index in [1.807, 2.05) is 12.1 Å². The minimum absolute atomic E-state index is 0.0454. The number of nitrogens with one attached hydrogen (secondary N) is 1. The highest BCUT2D eigenvalue weighted by atomic mass is 19.1. The summed E-state index contributed by atoms with van der Waals surface area (Å²) >= 11 is 0. The first-order chi connectivity index (χ1) is 8.34. The molecule has 0 aromatic heterocycles. The van der Waals surface area contributed by atoms with Crippen molar-refractivity contribution in [2.75, 3.05) is 19.8 Å². The van der Waals surface area contributed by atoms with Crippen LogP contribution in [0.1, 0.15) is 30.0 Å². The maximum Gasteiger partial charge on any atom is 0.126 e. The van der Waals surface area contributed by atoms with Gasteiger partial charge in [-0.25, -0.2) is 4.39 Å². The quantitative estimate of drug-likeness (QED) is 0.869. The van der Waals surface area contributed by atoms with E-state index in [0.29, 0.717) is 12.0 Å². The number of halogens is 1. The van der Waals surface area contributed by atoms with Crippen LogP contribution in [0.4, 0.5) is 4.39 Å². The zero-order valence-corrected chi connectivity index (χ0v) is 9.92. The van der Waals surface area contributed by atoms with Crippen molar-refractivity contribution in [2.24, 2.45) is 5.92 Å². The molecule has 17 heavy (non-hydrogen) atoms. The van der Waals surface area contributed by atoms with Gasteiger partial charge in [0.15, 0.2) is 0 Å². The highest BCUT2D eigenvalue weighted by Gasteiger charge is 2.25. The van der Waals surface area contributed by atoms with Crippen molar-refractivity contribution in [1.29, 1.82) is 0 Å². The zero-order chi connectivity index (χ0) is 11.7. The molecule has 0 bridgehead atoms. The lowest BCUT2D eigenvalue weighted by atomic mass is 10.1. The average Bonchev–Trinajstić information content (AvgIpc) is 2.95. The molecule has 0 spiro atoms. The molecule has 1 saturated heterocycles. The molecule has 1 aliphatic carbocycles. The fourth-order valence-corrected chi connectivity index (χ4v) is 2.87. The summed E-state index contributed by atoms with van der Waals surface area (Å²) in [5.74, 6) is 0.587. The van der Waals surface area contributed by atoms with Gasteiger partial charge in [-0.1, -0.05) is 12.1 Å². The number of rotatable bonds is 3. The summed E-state index contributed by atoms with van der Waals surface area (Å²) in [6.07, 6.45) is 3.03. The summed E-state index contributed by atoms with van der Waals surface area (Å²) in [7, 11) is 0. The van der Waals surface area contributed by atoms with Gasteiger partial charge in [0, 0.05) is 19.2 Å². The summed E-state index contributed by atoms with van der Waals surface area (Å²) in [5.41, 5.74) is 2.07. The SMILES string of the molecule is Fc1cccc2c1CCC2NCC1CCOC1. The lowest BCUT2D eigenvalue weighted by Gasteiger charge is -2.16. The molecule has 92 valence electrons. The third-order valence-electron chi connectivity index (χ3n) is 3.89. The Morgan fingerprint density at radius 2 is 2.29 bits per heavy atom. The molecule has 1 aromatic rings. The van der Waals surface area contributed by atoms with Crippen LogP contribution < -0.4 is 5.32 Å². The Kier molecular flexibility index (Phi) is 3.12. The Bertz CT molecular complexity index is 401. The van der Waals surface area contributed by atoms with E-state index in [4.69, 9.17) is 4.74 Å². The van der Waals surface area contributed by atoms with Gasteiger partial charge in [0.2, 0.25) is 0 Å². The van der Waals surface area contributed by atoms with Gasteiger partial charge in [0.05, 0.1) is 6.61 Å². The number of hydrogen-bond acceptors (Lipinski definition) is 2. The first-order valence-corrected chi connectivity index (χ1v) is 6.43. The van der Waals surface area contributed by atoms with Gasteiger partial charge in [-0.05, 0) is 42.4 Å². The van der Waals surface area contributed by atoms with Crippen molar-refractivity contribution < 1.29 is 9.13 Å². The van der Waals surface area contributed by atoms with Gasteiger partial charge in [0.25, 0.3) is 0 Å². The van der Waals surface area contributed by atoms with Crippen LogP contribution >= 0.6 is 0 Å². The van der Waals surface area contributed by atoms with Crippen LogP contribution in [0.15, 0.2) is 18.2 Å². The molecule has 2 nitrogen and oxygen atoms in total. The fourth-order valence-electron chi connectivity index (χ4n) is 2.87. The van der Waals surface area contributed by atoms with Crippen molar-refractivity contribution in [2.45, 2.75) is 25.3 Å². The minimum atomic E-state index is -0.0454. The van der Waals surface area contributed by atoms with Crippen LogP contribution in [-0.4, -0.2) is 19.8 Å². The molecule has 3 heteroatoms. The van der Waals surface area contributed by atoms with Gasteiger partial charge in [0.1, 0.15) is 5.82 Å². The largest absolute Gasteiger partial charge is 0.381 e. The summed E-state index contributed by atoms with van der Waals surface area (Å²) in [6.45, 7) is 2.75. The molecule has 2 aliphatic rings. The molecule has 1 heterocycles. The Hall–Kier alpha value is -0.930. The lowest BCUT2D eigenvalue weighted by Crippen LogP contribution is -2.26. The summed E-state index contributed by atoms with van der Waals surface area (Å²) in [6, 6.07) is 5.76. The van der Waals surface area contributed by atoms with Crippen molar-refractivity contribution in [3.05, 3.63) is 35.1 Å². The number of fused-ring (bicyclic) bond motifs is 1. The fraction of sp³-hybridized carbons (Fsp3) is 0.571. The van der Waals surface area contributed by atoms with Crippen molar-refractivity contribution >= 4 is 0 Å². The maximum atomic E-state index is 13.6. The van der Waals surface area contributed by atoms with E-state index in [9.17, 15) is 4.39 Å². The molecule has 2 unspecified atom stereocenters. The van der Waals surface area contributed by atoms with Crippen LogP contribution in [0.5, 0.6) is 0 Å². The molecule has 2 atom stereocenters. The predicted octanol–water partition coefficient (Wildman–Crippen LogP) is 2.44. The summed E-state index contributed by atoms with van der Waals surface area (Å²) in [5, 5.41) is 3.56. The van der Waals surface area contributed by atoms with E-state index >= 15 is 0 Å². The van der Waals surface area contributed by atoms with Crippen LogP contribution in [0.3, 0.4) is 0 Å². The molecule has 1 fully saturated rings. The third-order valence-corrected chi connectivity index (χ3v) is 3.89. The van der Waals surface area contributed by atoms with E-state index in [2.05, 4.69) is 5.32 Å². The second kappa shape index (κ2) is 4.75. The van der Waals surface area contributed by atoms with Crippen LogP contribution in [0.2, 0.25) is 0 Å². The van der Waals surface area contributed by atoms with E-state index in [1.54, 1.807) is 6.07 Å². The van der Waals surface area contributed by atoms with Crippen LogP contribution in [0, 0.1) is 11.7 Å². The first kappa shape index (κ1) is 11.2. The summed E-state index contributed by atoms with van der Waals surface area (Å²) in [4.78, 5) is 0. The molecule has 0 saturated carbocycles. The average molecular weight is 235 g/mol. The van der Waals surface area contributed by atoms with E-state index < -0.39 is 0 Å². The predicted molar refractivity (Wildman–Crippen MR) is 64.4 cm³/mol. The van der Waals surface area contributed by atoms with Gasteiger partial charge in [-0.3, -0.25) is 0 Å². The third kappa shape index (κ3) is 2.22. The molecule has 1 aliphatic heterocycles. The zero-order valence-electron chi connectivity index (χ0n) is 9.92. The second-order valence-electron chi connectivity index (χ2n) is 5.04. The first-order valence-electron chi connectivity index (χ1n) is 6.43. The van der Waals surface area contributed by atoms with Gasteiger partial charge in [-0.2, -0.15) is 0 Å². The van der Waals surface area contributed by atoms with Gasteiger partial charge < -0.3 is 10.1 Å². The van der Waals surface area contributed by atoms with Crippen molar-refractivity contribution in [3.8, 4) is 0 Å². The standard InChI is InChI=1S/C14H18FNO/c15-13-3-1-2-12-11(13)4-5-14(12)16-8-10-6-7-17-9-10/h1-3,10,14,16H,4-9H2. The Balaban J connectivity index is 1.65. The van der Waals surface area contributed by atoms with Crippen molar-refractivity contribution in [3.63, 3.8) is 0 Å². The number of hydrogen-bond donors (Lipinski definition) is 1. The minimum Gasteiger partial charge on any atom is -0.381 e. The molecule has 1 aromatic carbocycles. The Labute approximate surface area is 101 Å². The van der Waals surface area contributed by atoms with Crippen LogP contribution in [0.25, 0.3) is 0 Å². The smallest absolute Gasteiger partial charge is 0.126 e. The van der Waals surface area contributed by atoms with Crippen LogP contribution in [-0.2, 0) is 11.2 Å². The highest BCUT2D eigenvalue weighted by Crippen LogP contribution is 2.32. The van der Waals surface area contributed by atoms with Gasteiger partial charge in [-0.15, -0.1) is 0 Å². The summed E-state index contributed by atoms with van der Waals surface area (Å²) < 4.78 is 18.9. The Morgan fingerprint density at radius 3 is 3.12 bits per heavy atom. The monoisotopic (exact) mass is 235 g/mol. The Morgan fingerprint density at radius 1 is 1.35 bits per heavy atom. The highest BCUT2D eigenvalue weighted by molar-refractivity contribution is 5.35. The van der Waals surface area contributed by atoms with E-state index in [0.717, 1.165) is 50.1 Å². The van der Waals surface area contributed by atoms with E-state index in [1.165, 1.54) is 0 Å². The van der Waals surface area contributed by atoms with Gasteiger partial charge >= 0.3 is 0 Å². The molecule has 3 rings (SSSR count). The number of benzene rings is 1. The molecular weight excluding hydrogens is 217 g/mol. The lowest BCUT2D eigenvalue weighted by molar-refractivity contribution is 0.184. The maximum absolute atomic E-state index is 13.6. The topological polar surface area (TPSA) is 21.3 Å². The normalized spacial score (nSPS) is 27.4.